The van der Waals surface area contributed by atoms with Gasteiger partial charge in [0.2, 0.25) is 0 Å². The molecule has 2 heteroatoms. The third-order valence-electron chi connectivity index (χ3n) is 11.4. The summed E-state index contributed by atoms with van der Waals surface area (Å²) in [6.07, 6.45) is 0. The zero-order chi connectivity index (χ0) is 37.2. The van der Waals surface area contributed by atoms with Crippen molar-refractivity contribution in [3.05, 3.63) is 206 Å². The highest BCUT2D eigenvalue weighted by Gasteiger charge is 2.19. The summed E-state index contributed by atoms with van der Waals surface area (Å²) in [6.45, 7) is 2.14. The Morgan fingerprint density at radius 2 is 0.750 bits per heavy atom. The first-order valence-corrected chi connectivity index (χ1v) is 19.3. The maximum absolute atomic E-state index is 5.25. The quantitative estimate of drug-likeness (QED) is 0.162. The summed E-state index contributed by atoms with van der Waals surface area (Å²) in [5.41, 5.74) is 13.6. The van der Waals surface area contributed by atoms with E-state index in [1.54, 1.807) is 0 Å². The van der Waals surface area contributed by atoms with Crippen LogP contribution >= 0.6 is 0 Å². The maximum Gasteiger partial charge on any atom is 0.0730 e. The molecular weight excluding hydrogens is 677 g/mol. The fraction of sp³-hybridized carbons (Fsp3) is 0.0185. The topological polar surface area (TPSA) is 17.8 Å². The molecule has 0 spiro atoms. The molecular formula is C54H36N2. The molecule has 56 heavy (non-hydrogen) atoms. The van der Waals surface area contributed by atoms with Crippen molar-refractivity contribution in [1.82, 2.24) is 9.55 Å². The maximum atomic E-state index is 5.25. The summed E-state index contributed by atoms with van der Waals surface area (Å²) in [4.78, 5) is 5.25. The van der Waals surface area contributed by atoms with Gasteiger partial charge in [0, 0.05) is 21.9 Å². The van der Waals surface area contributed by atoms with E-state index in [4.69, 9.17) is 4.98 Å². The molecule has 0 aliphatic heterocycles. The largest absolute Gasteiger partial charge is 0.309 e. The number of hydrogen-bond acceptors (Lipinski definition) is 1. The van der Waals surface area contributed by atoms with Crippen LogP contribution in [-0.2, 0) is 0 Å². The number of fused-ring (bicyclic) bond motifs is 9. The van der Waals surface area contributed by atoms with E-state index >= 15 is 0 Å². The normalized spacial score (nSPS) is 11.7. The first-order valence-electron chi connectivity index (χ1n) is 19.3. The average molecular weight is 713 g/mol. The van der Waals surface area contributed by atoms with Gasteiger partial charge in [0.25, 0.3) is 0 Å². The zero-order valence-corrected chi connectivity index (χ0v) is 30.9. The van der Waals surface area contributed by atoms with Gasteiger partial charge >= 0.3 is 0 Å². The van der Waals surface area contributed by atoms with Crippen molar-refractivity contribution in [1.29, 1.82) is 0 Å². The van der Waals surface area contributed by atoms with Crippen LogP contribution in [0.4, 0.5) is 0 Å². The highest BCUT2D eigenvalue weighted by Crippen LogP contribution is 2.43. The molecule has 0 fully saturated rings. The van der Waals surface area contributed by atoms with Gasteiger partial charge < -0.3 is 4.57 Å². The van der Waals surface area contributed by atoms with E-state index in [2.05, 4.69) is 212 Å². The highest BCUT2D eigenvalue weighted by atomic mass is 15.0. The van der Waals surface area contributed by atoms with Crippen molar-refractivity contribution in [2.75, 3.05) is 0 Å². The molecule has 0 saturated heterocycles. The summed E-state index contributed by atoms with van der Waals surface area (Å²) in [6, 6.07) is 72.9. The molecule has 11 aromatic rings. The van der Waals surface area contributed by atoms with Gasteiger partial charge in [0.15, 0.2) is 0 Å². The molecule has 0 amide bonds. The Morgan fingerprint density at radius 1 is 0.304 bits per heavy atom. The molecule has 0 radical (unpaired) electrons. The molecule has 262 valence electrons. The molecule has 0 N–H and O–H groups in total. The van der Waals surface area contributed by atoms with Crippen LogP contribution in [0.1, 0.15) is 5.56 Å². The van der Waals surface area contributed by atoms with Gasteiger partial charge in [-0.25, -0.2) is 4.98 Å². The molecule has 2 nitrogen and oxygen atoms in total. The first-order chi connectivity index (χ1) is 27.7. The number of rotatable bonds is 5. The average Bonchev–Trinajstić information content (AvgIpc) is 3.59. The minimum absolute atomic E-state index is 0.943. The van der Waals surface area contributed by atoms with E-state index in [-0.39, 0.29) is 0 Å². The molecule has 0 bridgehead atoms. The van der Waals surface area contributed by atoms with Gasteiger partial charge in [0.05, 0.1) is 28.1 Å². The Bertz CT molecular complexity index is 3210. The van der Waals surface area contributed by atoms with E-state index in [0.29, 0.717) is 0 Å². The van der Waals surface area contributed by atoms with Crippen LogP contribution in [0.15, 0.2) is 200 Å². The lowest BCUT2D eigenvalue weighted by Crippen LogP contribution is -1.98. The molecule has 0 aliphatic rings. The predicted octanol–water partition coefficient (Wildman–Crippen LogP) is 14.6. The number of benzene rings is 9. The Labute approximate surface area is 325 Å². The second-order valence-corrected chi connectivity index (χ2v) is 14.8. The van der Waals surface area contributed by atoms with Crippen LogP contribution in [0.5, 0.6) is 0 Å². The second-order valence-electron chi connectivity index (χ2n) is 14.8. The summed E-state index contributed by atoms with van der Waals surface area (Å²) in [5.74, 6) is 0. The van der Waals surface area contributed by atoms with Gasteiger partial charge in [-0.3, -0.25) is 0 Å². The molecule has 0 unspecified atom stereocenters. The second kappa shape index (κ2) is 12.9. The third kappa shape index (κ3) is 5.30. The molecule has 0 atom stereocenters. The molecule has 2 aromatic heterocycles. The molecule has 11 rings (SSSR count). The predicted molar refractivity (Wildman–Crippen MR) is 238 cm³/mol. The van der Waals surface area contributed by atoms with Crippen LogP contribution in [0.25, 0.3) is 105 Å². The molecule has 9 aromatic carbocycles. The van der Waals surface area contributed by atoms with Crippen LogP contribution < -0.4 is 0 Å². The summed E-state index contributed by atoms with van der Waals surface area (Å²) < 4.78 is 2.46. The zero-order valence-electron chi connectivity index (χ0n) is 30.9. The Hall–Kier alpha value is -7.29. The molecule has 0 aliphatic carbocycles. The van der Waals surface area contributed by atoms with Crippen molar-refractivity contribution in [3.63, 3.8) is 0 Å². The van der Waals surface area contributed by atoms with Crippen LogP contribution in [-0.4, -0.2) is 9.55 Å². The van der Waals surface area contributed by atoms with Crippen molar-refractivity contribution < 1.29 is 0 Å². The minimum Gasteiger partial charge on any atom is -0.309 e. The summed E-state index contributed by atoms with van der Waals surface area (Å²) >= 11 is 0. The smallest absolute Gasteiger partial charge is 0.0730 e. The van der Waals surface area contributed by atoms with E-state index in [1.807, 2.05) is 0 Å². The van der Waals surface area contributed by atoms with E-state index < -0.39 is 0 Å². The molecule has 2 heterocycles. The Kier molecular flexibility index (Phi) is 7.43. The SMILES string of the molecule is Cc1ccc(-c2ccc3c(c2)c2ccccc2c2cc4c5cc(-c6ccccc6)ccc5n(-c5cc(-c6ccccc6)nc(-c6ccccc6)c5)c4cc32)cc1. The van der Waals surface area contributed by atoms with Gasteiger partial charge in [-0.2, -0.15) is 0 Å². The first kappa shape index (κ1) is 32.2. The number of pyridine rings is 1. The van der Waals surface area contributed by atoms with Crippen LogP contribution in [0, 0.1) is 6.92 Å². The van der Waals surface area contributed by atoms with Gasteiger partial charge in [-0.15, -0.1) is 0 Å². The minimum atomic E-state index is 0.943. The van der Waals surface area contributed by atoms with Gasteiger partial charge in [0.1, 0.15) is 0 Å². The third-order valence-corrected chi connectivity index (χ3v) is 11.4. The summed E-state index contributed by atoms with van der Waals surface area (Å²) in [5, 5.41) is 10.0. The lowest BCUT2D eigenvalue weighted by atomic mass is 9.91. The van der Waals surface area contributed by atoms with Gasteiger partial charge in [-0.1, -0.05) is 163 Å². The standard InChI is InChI=1S/C54H36N2/c1-35-21-23-37(24-22-35)40-25-27-45-46(29-40)43-19-11-12-20-44(43)47-33-50-49-30-41(36-13-5-2-6-14-36)26-28-53(49)56(54(50)34-48(45)47)42-31-51(38-15-7-3-8-16-38)55-52(32-42)39-17-9-4-10-18-39/h2-34H,1H3. The number of aromatic nitrogens is 2. The fourth-order valence-electron chi connectivity index (χ4n) is 8.64. The van der Waals surface area contributed by atoms with Crippen LogP contribution in [0.3, 0.4) is 0 Å². The summed E-state index contributed by atoms with van der Waals surface area (Å²) in [7, 11) is 0. The Morgan fingerprint density at radius 3 is 1.38 bits per heavy atom. The molecule has 0 saturated carbocycles. The monoisotopic (exact) mass is 712 g/mol. The highest BCUT2D eigenvalue weighted by molar-refractivity contribution is 6.29. The van der Waals surface area contributed by atoms with Gasteiger partial charge in [-0.05, 0) is 104 Å². The van der Waals surface area contributed by atoms with Crippen molar-refractivity contribution in [3.8, 4) is 50.5 Å². The van der Waals surface area contributed by atoms with Crippen molar-refractivity contribution in [2.24, 2.45) is 0 Å². The lowest BCUT2D eigenvalue weighted by Gasteiger charge is -2.15. The van der Waals surface area contributed by atoms with Crippen molar-refractivity contribution in [2.45, 2.75) is 6.92 Å². The number of hydrogen-bond donors (Lipinski definition) is 0. The van der Waals surface area contributed by atoms with Crippen molar-refractivity contribution >= 4 is 54.1 Å². The van der Waals surface area contributed by atoms with Crippen LogP contribution in [0.2, 0.25) is 0 Å². The number of nitrogens with zero attached hydrogens (tertiary/aromatic N) is 2. The fourth-order valence-corrected chi connectivity index (χ4v) is 8.64. The lowest BCUT2D eigenvalue weighted by molar-refractivity contribution is 1.16. The number of aryl methyl sites for hydroxylation is 1. The van der Waals surface area contributed by atoms with E-state index in [9.17, 15) is 0 Å². The Balaban J connectivity index is 1.26. The van der Waals surface area contributed by atoms with E-state index in [1.165, 1.54) is 76.4 Å². The van der Waals surface area contributed by atoms with E-state index in [0.717, 1.165) is 33.7 Å².